The van der Waals surface area contributed by atoms with Crippen LogP contribution in [0.1, 0.15) is 47.0 Å². The van der Waals surface area contributed by atoms with Gasteiger partial charge in [0.25, 0.3) is 0 Å². The Hall–Kier alpha value is -0.660. The van der Waals surface area contributed by atoms with Gasteiger partial charge >= 0.3 is 0 Å². The molecule has 0 aromatic heterocycles. The second-order valence-electron chi connectivity index (χ2n) is 4.33. The lowest BCUT2D eigenvalue weighted by Gasteiger charge is -2.15. The van der Waals surface area contributed by atoms with Crippen molar-refractivity contribution in [3.8, 4) is 0 Å². The van der Waals surface area contributed by atoms with Crippen molar-refractivity contribution in [2.45, 2.75) is 47.0 Å². The third-order valence-corrected chi connectivity index (χ3v) is 1.48. The van der Waals surface area contributed by atoms with Crippen molar-refractivity contribution in [3.05, 3.63) is 0 Å². The second-order valence-corrected chi connectivity index (χ2v) is 4.33. The van der Waals surface area contributed by atoms with Crippen molar-refractivity contribution in [1.29, 1.82) is 0 Å². The molecule has 0 spiro atoms. The quantitative estimate of drug-likeness (QED) is 0.607. The maximum atomic E-state index is 11.2. The van der Waals surface area contributed by atoms with E-state index in [2.05, 4.69) is 0 Å². The van der Waals surface area contributed by atoms with Crippen LogP contribution in [0, 0.1) is 5.41 Å². The van der Waals surface area contributed by atoms with E-state index in [4.69, 9.17) is 0 Å². The first kappa shape index (κ1) is 11.3. The Bertz CT molecular complexity index is 175. The van der Waals surface area contributed by atoms with Crippen LogP contribution >= 0.6 is 0 Å². The number of Topliss-reactive ketones (excluding diaryl/α,β-unsaturated/α-hetero) is 2. The SMILES string of the molecule is CCCC(=O)C(=O)CC(C)(C)C. The number of hydrogen-bond donors (Lipinski definition) is 0. The Morgan fingerprint density at radius 2 is 1.58 bits per heavy atom. The summed E-state index contributed by atoms with van der Waals surface area (Å²) in [5.41, 5.74) is -0.0690. The van der Waals surface area contributed by atoms with E-state index < -0.39 is 0 Å². The van der Waals surface area contributed by atoms with E-state index >= 15 is 0 Å². The minimum atomic E-state index is -0.218. The van der Waals surface area contributed by atoms with Crippen molar-refractivity contribution in [3.63, 3.8) is 0 Å². The molecule has 0 bridgehead atoms. The minimum absolute atomic E-state index is 0.0690. The van der Waals surface area contributed by atoms with Crippen molar-refractivity contribution in [2.75, 3.05) is 0 Å². The lowest BCUT2D eigenvalue weighted by molar-refractivity contribution is -0.137. The largest absolute Gasteiger partial charge is 0.291 e. The maximum Gasteiger partial charge on any atom is 0.198 e. The number of ketones is 2. The Morgan fingerprint density at radius 3 is 1.92 bits per heavy atom. The van der Waals surface area contributed by atoms with E-state index in [9.17, 15) is 9.59 Å². The summed E-state index contributed by atoms with van der Waals surface area (Å²) in [6, 6.07) is 0. The zero-order valence-electron chi connectivity index (χ0n) is 8.44. The highest BCUT2D eigenvalue weighted by molar-refractivity contribution is 6.37. The molecular weight excluding hydrogens is 152 g/mol. The fourth-order valence-electron chi connectivity index (χ4n) is 0.947. The lowest BCUT2D eigenvalue weighted by Crippen LogP contribution is -2.20. The molecule has 0 aliphatic rings. The first-order valence-electron chi connectivity index (χ1n) is 4.43. The third-order valence-electron chi connectivity index (χ3n) is 1.48. The summed E-state index contributed by atoms with van der Waals surface area (Å²) in [6.45, 7) is 7.79. The standard InChI is InChI=1S/C10H18O2/c1-5-6-8(11)9(12)7-10(2,3)4/h5-7H2,1-4H3. The van der Waals surface area contributed by atoms with E-state index in [1.807, 2.05) is 27.7 Å². The molecule has 2 heteroatoms. The van der Waals surface area contributed by atoms with Gasteiger partial charge in [-0.15, -0.1) is 0 Å². The van der Waals surface area contributed by atoms with Gasteiger partial charge in [-0.3, -0.25) is 9.59 Å². The zero-order chi connectivity index (χ0) is 9.78. The van der Waals surface area contributed by atoms with Crippen molar-refractivity contribution >= 4 is 11.6 Å². The molecule has 2 nitrogen and oxygen atoms in total. The maximum absolute atomic E-state index is 11.2. The average Bonchev–Trinajstić information content (AvgIpc) is 1.84. The van der Waals surface area contributed by atoms with Crippen LogP contribution in [0.15, 0.2) is 0 Å². The zero-order valence-corrected chi connectivity index (χ0v) is 8.44. The molecule has 0 aromatic carbocycles. The lowest BCUT2D eigenvalue weighted by atomic mass is 9.88. The Kier molecular flexibility index (Phi) is 4.15. The molecule has 0 aromatic rings. The molecule has 0 radical (unpaired) electrons. The van der Waals surface area contributed by atoms with Crippen molar-refractivity contribution in [2.24, 2.45) is 5.41 Å². The average molecular weight is 170 g/mol. The monoisotopic (exact) mass is 170 g/mol. The van der Waals surface area contributed by atoms with E-state index in [0.717, 1.165) is 6.42 Å². The predicted molar refractivity (Wildman–Crippen MR) is 49.0 cm³/mol. The van der Waals surface area contributed by atoms with E-state index in [1.54, 1.807) is 0 Å². The molecule has 0 aliphatic heterocycles. The molecule has 0 heterocycles. The molecule has 0 atom stereocenters. The molecule has 70 valence electrons. The van der Waals surface area contributed by atoms with Gasteiger partial charge in [-0.1, -0.05) is 27.7 Å². The number of hydrogen-bond acceptors (Lipinski definition) is 2. The van der Waals surface area contributed by atoms with Crippen LogP contribution < -0.4 is 0 Å². The van der Waals surface area contributed by atoms with Crippen LogP contribution in [0.4, 0.5) is 0 Å². The highest BCUT2D eigenvalue weighted by atomic mass is 16.2. The van der Waals surface area contributed by atoms with Crippen molar-refractivity contribution in [1.82, 2.24) is 0 Å². The Labute approximate surface area is 74.3 Å². The highest BCUT2D eigenvalue weighted by Crippen LogP contribution is 2.19. The molecule has 12 heavy (non-hydrogen) atoms. The molecule has 0 saturated heterocycles. The van der Waals surface area contributed by atoms with Crippen LogP contribution in [0.25, 0.3) is 0 Å². The van der Waals surface area contributed by atoms with Gasteiger partial charge in [0.15, 0.2) is 11.6 Å². The van der Waals surface area contributed by atoms with Crippen molar-refractivity contribution < 1.29 is 9.59 Å². The number of carbonyl (C=O) groups excluding carboxylic acids is 2. The van der Waals surface area contributed by atoms with Gasteiger partial charge in [-0.2, -0.15) is 0 Å². The van der Waals surface area contributed by atoms with E-state index in [1.165, 1.54) is 0 Å². The first-order valence-corrected chi connectivity index (χ1v) is 4.43. The molecule has 0 amide bonds. The molecule has 0 fully saturated rings. The minimum Gasteiger partial charge on any atom is -0.291 e. The van der Waals surface area contributed by atoms with Crippen LogP contribution in [-0.4, -0.2) is 11.6 Å². The van der Waals surface area contributed by atoms with Gasteiger partial charge in [-0.05, 0) is 11.8 Å². The second kappa shape index (κ2) is 4.39. The molecule has 0 N–H and O–H groups in total. The van der Waals surface area contributed by atoms with Gasteiger partial charge in [0.2, 0.25) is 0 Å². The van der Waals surface area contributed by atoms with Gasteiger partial charge in [-0.25, -0.2) is 0 Å². The summed E-state index contributed by atoms with van der Waals surface area (Å²) in [5, 5.41) is 0. The normalized spacial score (nSPS) is 11.3. The van der Waals surface area contributed by atoms with Crippen LogP contribution in [-0.2, 0) is 9.59 Å². The third kappa shape index (κ3) is 5.05. The highest BCUT2D eigenvalue weighted by Gasteiger charge is 2.20. The fourth-order valence-corrected chi connectivity index (χ4v) is 0.947. The molecular formula is C10H18O2. The molecule has 0 aliphatic carbocycles. The summed E-state index contributed by atoms with van der Waals surface area (Å²) in [4.78, 5) is 22.3. The summed E-state index contributed by atoms with van der Waals surface area (Å²) in [5.74, 6) is -0.434. The first-order chi connectivity index (χ1) is 5.37. The van der Waals surface area contributed by atoms with E-state index in [-0.39, 0.29) is 17.0 Å². The van der Waals surface area contributed by atoms with Gasteiger partial charge in [0.1, 0.15) is 0 Å². The molecule has 0 rings (SSSR count). The Morgan fingerprint density at radius 1 is 1.08 bits per heavy atom. The van der Waals surface area contributed by atoms with Gasteiger partial charge in [0.05, 0.1) is 0 Å². The smallest absolute Gasteiger partial charge is 0.198 e. The fraction of sp³-hybridized carbons (Fsp3) is 0.800. The van der Waals surface area contributed by atoms with Crippen LogP contribution in [0.5, 0.6) is 0 Å². The number of rotatable bonds is 4. The Balaban J connectivity index is 3.97. The van der Waals surface area contributed by atoms with Gasteiger partial charge in [0, 0.05) is 12.8 Å². The van der Waals surface area contributed by atoms with E-state index in [0.29, 0.717) is 12.8 Å². The summed E-state index contributed by atoms with van der Waals surface area (Å²) in [7, 11) is 0. The topological polar surface area (TPSA) is 34.1 Å². The molecule has 0 saturated carbocycles. The number of carbonyl (C=O) groups is 2. The van der Waals surface area contributed by atoms with Crippen LogP contribution in [0.2, 0.25) is 0 Å². The van der Waals surface area contributed by atoms with Gasteiger partial charge < -0.3 is 0 Å². The molecule has 0 unspecified atom stereocenters. The predicted octanol–water partition coefficient (Wildman–Crippen LogP) is 2.36. The summed E-state index contributed by atoms with van der Waals surface area (Å²) < 4.78 is 0. The van der Waals surface area contributed by atoms with Crippen LogP contribution in [0.3, 0.4) is 0 Å². The summed E-state index contributed by atoms with van der Waals surface area (Å²) >= 11 is 0. The summed E-state index contributed by atoms with van der Waals surface area (Å²) in [6.07, 6.45) is 1.52.